The summed E-state index contributed by atoms with van der Waals surface area (Å²) in [7, 11) is 0. The Morgan fingerprint density at radius 3 is 2.67 bits per heavy atom. The van der Waals surface area contributed by atoms with Crippen molar-refractivity contribution >= 4 is 10.8 Å². The number of hydrogen-bond acceptors (Lipinski definition) is 3. The number of pyridine rings is 1. The SMILES string of the molecule is O=c1c2ccccc2cnn1Cc1ccncc1. The van der Waals surface area contributed by atoms with E-state index in [9.17, 15) is 4.79 Å². The van der Waals surface area contributed by atoms with Crippen LogP contribution in [0.4, 0.5) is 0 Å². The molecule has 4 nitrogen and oxygen atoms in total. The first-order valence-corrected chi connectivity index (χ1v) is 5.68. The fourth-order valence-corrected chi connectivity index (χ4v) is 1.90. The lowest BCUT2D eigenvalue weighted by Gasteiger charge is -2.05. The molecule has 0 unspecified atom stereocenters. The topological polar surface area (TPSA) is 47.8 Å². The predicted molar refractivity (Wildman–Crippen MR) is 69.3 cm³/mol. The number of benzene rings is 1. The van der Waals surface area contributed by atoms with E-state index >= 15 is 0 Å². The Bertz CT molecular complexity index is 735. The van der Waals surface area contributed by atoms with Crippen LogP contribution in [0.25, 0.3) is 10.8 Å². The highest BCUT2D eigenvalue weighted by Gasteiger charge is 2.03. The quantitative estimate of drug-likeness (QED) is 0.683. The summed E-state index contributed by atoms with van der Waals surface area (Å²) in [4.78, 5) is 16.2. The van der Waals surface area contributed by atoms with Gasteiger partial charge < -0.3 is 0 Å². The van der Waals surface area contributed by atoms with Gasteiger partial charge in [0, 0.05) is 17.8 Å². The number of rotatable bonds is 2. The van der Waals surface area contributed by atoms with Gasteiger partial charge in [0.25, 0.3) is 5.56 Å². The molecule has 0 radical (unpaired) electrons. The van der Waals surface area contributed by atoms with Gasteiger partial charge in [-0.3, -0.25) is 9.78 Å². The highest BCUT2D eigenvalue weighted by Crippen LogP contribution is 2.07. The predicted octanol–water partition coefficient (Wildman–Crippen LogP) is 1.84. The summed E-state index contributed by atoms with van der Waals surface area (Å²) < 4.78 is 1.47. The van der Waals surface area contributed by atoms with Crippen molar-refractivity contribution in [3.8, 4) is 0 Å². The van der Waals surface area contributed by atoms with Crippen LogP contribution in [0.5, 0.6) is 0 Å². The molecule has 3 rings (SSSR count). The molecular formula is C14H11N3O. The van der Waals surface area contributed by atoms with E-state index in [1.165, 1.54) is 4.68 Å². The van der Waals surface area contributed by atoms with Gasteiger partial charge in [0.2, 0.25) is 0 Å². The summed E-state index contributed by atoms with van der Waals surface area (Å²) in [5, 5.41) is 5.75. The molecule has 2 heterocycles. The molecule has 0 saturated heterocycles. The highest BCUT2D eigenvalue weighted by atomic mass is 16.1. The maximum absolute atomic E-state index is 12.2. The first kappa shape index (κ1) is 10.7. The molecule has 1 aromatic carbocycles. The van der Waals surface area contributed by atoms with E-state index in [0.717, 1.165) is 10.9 Å². The van der Waals surface area contributed by atoms with Crippen LogP contribution in [0.3, 0.4) is 0 Å². The first-order chi connectivity index (χ1) is 8.84. The molecule has 0 N–H and O–H groups in total. The average molecular weight is 237 g/mol. The van der Waals surface area contributed by atoms with Crippen LogP contribution in [0.2, 0.25) is 0 Å². The highest BCUT2D eigenvalue weighted by molar-refractivity contribution is 5.80. The zero-order valence-electron chi connectivity index (χ0n) is 9.65. The molecular weight excluding hydrogens is 226 g/mol. The van der Waals surface area contributed by atoms with Gasteiger partial charge in [0.1, 0.15) is 0 Å². The third-order valence-electron chi connectivity index (χ3n) is 2.84. The van der Waals surface area contributed by atoms with Crippen LogP contribution in [0.1, 0.15) is 5.56 Å². The minimum atomic E-state index is -0.0649. The summed E-state index contributed by atoms with van der Waals surface area (Å²) in [6.07, 6.45) is 5.14. The lowest BCUT2D eigenvalue weighted by Crippen LogP contribution is -2.23. The molecule has 18 heavy (non-hydrogen) atoms. The Labute approximate surface area is 104 Å². The third kappa shape index (κ3) is 1.88. The van der Waals surface area contributed by atoms with Crippen molar-refractivity contribution in [1.29, 1.82) is 0 Å². The molecule has 0 atom stereocenters. The van der Waals surface area contributed by atoms with Crippen molar-refractivity contribution in [2.45, 2.75) is 6.54 Å². The van der Waals surface area contributed by atoms with Crippen LogP contribution in [-0.4, -0.2) is 14.8 Å². The molecule has 4 heteroatoms. The molecule has 0 amide bonds. The van der Waals surface area contributed by atoms with Gasteiger partial charge in [-0.25, -0.2) is 4.68 Å². The molecule has 0 aliphatic carbocycles. The van der Waals surface area contributed by atoms with Gasteiger partial charge >= 0.3 is 0 Å². The number of nitrogens with zero attached hydrogens (tertiary/aromatic N) is 3. The van der Waals surface area contributed by atoms with Gasteiger partial charge in [-0.05, 0) is 23.8 Å². The summed E-state index contributed by atoms with van der Waals surface area (Å²) in [6.45, 7) is 0.464. The van der Waals surface area contributed by atoms with Crippen LogP contribution in [-0.2, 0) is 6.54 Å². The van der Waals surface area contributed by atoms with Crippen molar-refractivity contribution in [3.05, 3.63) is 70.9 Å². The van der Waals surface area contributed by atoms with Crippen molar-refractivity contribution in [2.75, 3.05) is 0 Å². The Morgan fingerprint density at radius 2 is 1.83 bits per heavy atom. The van der Waals surface area contributed by atoms with Crippen LogP contribution in [0.15, 0.2) is 59.8 Å². The Hall–Kier alpha value is -2.49. The molecule has 0 saturated carbocycles. The number of fused-ring (bicyclic) bond motifs is 1. The molecule has 3 aromatic rings. The van der Waals surface area contributed by atoms with Crippen LogP contribution >= 0.6 is 0 Å². The second-order valence-electron chi connectivity index (χ2n) is 4.05. The minimum absolute atomic E-state index is 0.0649. The minimum Gasteiger partial charge on any atom is -0.267 e. The molecule has 88 valence electrons. The van der Waals surface area contributed by atoms with Gasteiger partial charge in [0.15, 0.2) is 0 Å². The van der Waals surface area contributed by atoms with Gasteiger partial charge in [-0.1, -0.05) is 18.2 Å². The molecule has 0 aliphatic heterocycles. The van der Waals surface area contributed by atoms with E-state index in [0.29, 0.717) is 11.9 Å². The van der Waals surface area contributed by atoms with Crippen LogP contribution in [0, 0.1) is 0 Å². The lowest BCUT2D eigenvalue weighted by atomic mass is 10.2. The third-order valence-corrected chi connectivity index (χ3v) is 2.84. The summed E-state index contributed by atoms with van der Waals surface area (Å²) in [5.74, 6) is 0. The van der Waals surface area contributed by atoms with E-state index in [4.69, 9.17) is 0 Å². The Balaban J connectivity index is 2.08. The molecule has 2 aromatic heterocycles. The molecule has 0 aliphatic rings. The maximum atomic E-state index is 12.2. The lowest BCUT2D eigenvalue weighted by molar-refractivity contribution is 0.647. The van der Waals surface area contributed by atoms with E-state index in [2.05, 4.69) is 10.1 Å². The molecule has 0 spiro atoms. The van der Waals surface area contributed by atoms with E-state index in [-0.39, 0.29) is 5.56 Å². The monoisotopic (exact) mass is 237 g/mol. The van der Waals surface area contributed by atoms with Gasteiger partial charge in [-0.15, -0.1) is 0 Å². The summed E-state index contributed by atoms with van der Waals surface area (Å²) in [6, 6.07) is 11.2. The second kappa shape index (κ2) is 4.41. The Morgan fingerprint density at radius 1 is 1.06 bits per heavy atom. The largest absolute Gasteiger partial charge is 0.274 e. The van der Waals surface area contributed by atoms with Crippen molar-refractivity contribution < 1.29 is 0 Å². The number of hydrogen-bond donors (Lipinski definition) is 0. The van der Waals surface area contributed by atoms with E-state index in [1.807, 2.05) is 36.4 Å². The fourth-order valence-electron chi connectivity index (χ4n) is 1.90. The molecule has 0 fully saturated rings. The van der Waals surface area contributed by atoms with Crippen molar-refractivity contribution in [1.82, 2.24) is 14.8 Å². The first-order valence-electron chi connectivity index (χ1n) is 5.68. The smallest absolute Gasteiger partial charge is 0.267 e. The second-order valence-corrected chi connectivity index (χ2v) is 4.05. The Kier molecular flexibility index (Phi) is 2.61. The standard InChI is InChI=1S/C14H11N3O/c18-14-13-4-2-1-3-12(13)9-16-17(14)10-11-5-7-15-8-6-11/h1-9H,10H2. The maximum Gasteiger partial charge on any atom is 0.274 e. The van der Waals surface area contributed by atoms with Crippen molar-refractivity contribution in [2.24, 2.45) is 0 Å². The van der Waals surface area contributed by atoms with Gasteiger partial charge in [0.05, 0.1) is 18.1 Å². The summed E-state index contributed by atoms with van der Waals surface area (Å²) >= 11 is 0. The van der Waals surface area contributed by atoms with Crippen molar-refractivity contribution in [3.63, 3.8) is 0 Å². The van der Waals surface area contributed by atoms with Crippen LogP contribution < -0.4 is 5.56 Å². The molecule has 0 bridgehead atoms. The van der Waals surface area contributed by atoms with E-state index < -0.39 is 0 Å². The zero-order chi connectivity index (χ0) is 12.4. The summed E-state index contributed by atoms with van der Waals surface area (Å²) in [5.41, 5.74) is 0.944. The van der Waals surface area contributed by atoms with E-state index in [1.54, 1.807) is 18.6 Å². The average Bonchev–Trinajstić information content (AvgIpc) is 2.43. The normalized spacial score (nSPS) is 10.7. The number of aromatic nitrogens is 3. The van der Waals surface area contributed by atoms with Gasteiger partial charge in [-0.2, -0.15) is 5.10 Å². The fraction of sp³-hybridized carbons (Fsp3) is 0.0714. The zero-order valence-corrected chi connectivity index (χ0v) is 9.65.